The Morgan fingerprint density at radius 3 is 2.14 bits per heavy atom. The van der Waals surface area contributed by atoms with E-state index in [-0.39, 0.29) is 0 Å². The summed E-state index contributed by atoms with van der Waals surface area (Å²) in [5, 5.41) is 0. The van der Waals surface area contributed by atoms with Crippen LogP contribution in [-0.4, -0.2) is 56.5 Å². The normalized spacial score (nSPS) is 16.9. The number of ether oxygens (including phenoxy) is 4. The van der Waals surface area contributed by atoms with Crippen molar-refractivity contribution in [1.82, 2.24) is 9.80 Å². The van der Waals surface area contributed by atoms with Gasteiger partial charge in [0.2, 0.25) is 6.79 Å². The van der Waals surface area contributed by atoms with Gasteiger partial charge in [-0.1, -0.05) is 12.1 Å². The van der Waals surface area contributed by atoms with Crippen LogP contribution < -0.4 is 18.9 Å². The van der Waals surface area contributed by atoms with E-state index in [9.17, 15) is 0 Å². The van der Waals surface area contributed by atoms with Gasteiger partial charge in [-0.25, -0.2) is 0 Å². The summed E-state index contributed by atoms with van der Waals surface area (Å²) in [4.78, 5) is 4.99. The van der Waals surface area contributed by atoms with E-state index in [0.29, 0.717) is 13.4 Å². The average molecular weight is 384 g/mol. The molecule has 0 N–H and O–H groups in total. The van der Waals surface area contributed by atoms with Gasteiger partial charge in [0.25, 0.3) is 0 Å². The van der Waals surface area contributed by atoms with Crippen LogP contribution in [0.1, 0.15) is 18.1 Å². The SMILES string of the molecule is CCOc1cc(CN2CCN(Cc3ccc4c(c3)OCO4)CC2)ccc1OC. The van der Waals surface area contributed by atoms with E-state index in [2.05, 4.69) is 34.1 Å². The topological polar surface area (TPSA) is 43.4 Å². The molecular weight excluding hydrogens is 356 g/mol. The number of hydrogen-bond acceptors (Lipinski definition) is 6. The van der Waals surface area contributed by atoms with Gasteiger partial charge >= 0.3 is 0 Å². The maximum absolute atomic E-state index is 5.70. The van der Waals surface area contributed by atoms with Crippen molar-refractivity contribution in [3.05, 3.63) is 47.5 Å². The smallest absolute Gasteiger partial charge is 0.231 e. The zero-order chi connectivity index (χ0) is 19.3. The van der Waals surface area contributed by atoms with E-state index in [1.807, 2.05) is 19.1 Å². The molecule has 1 fully saturated rings. The van der Waals surface area contributed by atoms with Crippen molar-refractivity contribution >= 4 is 0 Å². The van der Waals surface area contributed by atoms with Crippen LogP contribution in [0.3, 0.4) is 0 Å². The average Bonchev–Trinajstić information content (AvgIpc) is 3.18. The highest BCUT2D eigenvalue weighted by Gasteiger charge is 2.19. The number of methoxy groups -OCH3 is 1. The molecule has 4 rings (SSSR count). The Morgan fingerprint density at radius 2 is 1.46 bits per heavy atom. The second kappa shape index (κ2) is 8.71. The maximum Gasteiger partial charge on any atom is 0.231 e. The van der Waals surface area contributed by atoms with Crippen molar-refractivity contribution in [3.8, 4) is 23.0 Å². The minimum atomic E-state index is 0.327. The standard InChI is InChI=1S/C22H28N2O4/c1-3-26-21-12-17(4-6-19(21)25-2)14-23-8-10-24(11-9-23)15-18-5-7-20-22(13-18)28-16-27-20/h4-7,12-13H,3,8-11,14-16H2,1-2H3. The van der Waals surface area contributed by atoms with Crippen molar-refractivity contribution < 1.29 is 18.9 Å². The molecule has 0 aromatic heterocycles. The fraction of sp³-hybridized carbons (Fsp3) is 0.455. The first kappa shape index (κ1) is 18.9. The van der Waals surface area contributed by atoms with Crippen LogP contribution in [0.4, 0.5) is 0 Å². The Morgan fingerprint density at radius 1 is 0.821 bits per heavy atom. The summed E-state index contributed by atoms with van der Waals surface area (Å²) >= 11 is 0. The van der Waals surface area contributed by atoms with Gasteiger partial charge in [0.05, 0.1) is 13.7 Å². The Kier molecular flexibility index (Phi) is 5.88. The fourth-order valence-corrected chi connectivity index (χ4v) is 3.75. The molecule has 6 nitrogen and oxygen atoms in total. The number of fused-ring (bicyclic) bond motifs is 1. The molecule has 2 aromatic carbocycles. The lowest BCUT2D eigenvalue weighted by Gasteiger charge is -2.34. The minimum Gasteiger partial charge on any atom is -0.493 e. The fourth-order valence-electron chi connectivity index (χ4n) is 3.75. The molecule has 28 heavy (non-hydrogen) atoms. The van der Waals surface area contributed by atoms with Crippen molar-refractivity contribution in [3.63, 3.8) is 0 Å². The first-order chi connectivity index (χ1) is 13.7. The van der Waals surface area contributed by atoms with Gasteiger partial charge < -0.3 is 18.9 Å². The quantitative estimate of drug-likeness (QED) is 0.731. The van der Waals surface area contributed by atoms with E-state index in [1.165, 1.54) is 11.1 Å². The molecule has 0 unspecified atom stereocenters. The highest BCUT2D eigenvalue weighted by atomic mass is 16.7. The Hall–Kier alpha value is -2.44. The number of nitrogens with zero attached hydrogens (tertiary/aromatic N) is 2. The Balaban J connectivity index is 1.30. The van der Waals surface area contributed by atoms with Crippen LogP contribution in [0.15, 0.2) is 36.4 Å². The van der Waals surface area contributed by atoms with Crippen LogP contribution in [0.25, 0.3) is 0 Å². The molecule has 6 heteroatoms. The van der Waals surface area contributed by atoms with Gasteiger partial charge in [0, 0.05) is 39.3 Å². The van der Waals surface area contributed by atoms with E-state index in [4.69, 9.17) is 18.9 Å². The van der Waals surface area contributed by atoms with E-state index in [0.717, 1.165) is 62.3 Å². The van der Waals surface area contributed by atoms with Crippen molar-refractivity contribution in [2.45, 2.75) is 20.0 Å². The molecule has 0 aliphatic carbocycles. The van der Waals surface area contributed by atoms with Gasteiger partial charge in [0.1, 0.15) is 0 Å². The second-order valence-corrected chi connectivity index (χ2v) is 7.16. The second-order valence-electron chi connectivity index (χ2n) is 7.16. The Labute approximate surface area is 166 Å². The third-order valence-electron chi connectivity index (χ3n) is 5.24. The van der Waals surface area contributed by atoms with Gasteiger partial charge in [-0.05, 0) is 42.3 Å². The lowest BCUT2D eigenvalue weighted by Crippen LogP contribution is -2.45. The summed E-state index contributed by atoms with van der Waals surface area (Å²) in [6.45, 7) is 9.06. The monoisotopic (exact) mass is 384 g/mol. The van der Waals surface area contributed by atoms with Gasteiger partial charge in [-0.2, -0.15) is 0 Å². The van der Waals surface area contributed by atoms with Gasteiger partial charge in [0.15, 0.2) is 23.0 Å². The van der Waals surface area contributed by atoms with Crippen molar-refractivity contribution in [2.24, 2.45) is 0 Å². The van der Waals surface area contributed by atoms with E-state index in [1.54, 1.807) is 7.11 Å². The molecular formula is C22H28N2O4. The summed E-state index contributed by atoms with van der Waals surface area (Å²) in [5.74, 6) is 3.32. The van der Waals surface area contributed by atoms with Crippen LogP contribution in [0.2, 0.25) is 0 Å². The van der Waals surface area contributed by atoms with Gasteiger partial charge in [-0.3, -0.25) is 9.80 Å². The molecule has 2 aliphatic rings. The predicted octanol–water partition coefficient (Wildman–Crippen LogP) is 3.14. The summed E-state index contributed by atoms with van der Waals surface area (Å²) in [6.07, 6.45) is 0. The van der Waals surface area contributed by atoms with Crippen LogP contribution in [0, 0.1) is 0 Å². The van der Waals surface area contributed by atoms with Crippen LogP contribution in [-0.2, 0) is 13.1 Å². The van der Waals surface area contributed by atoms with Crippen LogP contribution in [0.5, 0.6) is 23.0 Å². The predicted molar refractivity (Wildman–Crippen MR) is 107 cm³/mol. The van der Waals surface area contributed by atoms with E-state index < -0.39 is 0 Å². The van der Waals surface area contributed by atoms with E-state index >= 15 is 0 Å². The first-order valence-corrected chi connectivity index (χ1v) is 9.88. The molecule has 0 saturated carbocycles. The molecule has 2 heterocycles. The van der Waals surface area contributed by atoms with Crippen molar-refractivity contribution in [2.75, 3.05) is 46.7 Å². The zero-order valence-corrected chi connectivity index (χ0v) is 16.6. The van der Waals surface area contributed by atoms with Crippen molar-refractivity contribution in [1.29, 1.82) is 0 Å². The number of rotatable bonds is 7. The zero-order valence-electron chi connectivity index (χ0n) is 16.6. The highest BCUT2D eigenvalue weighted by molar-refractivity contribution is 5.44. The number of hydrogen-bond donors (Lipinski definition) is 0. The van der Waals surface area contributed by atoms with Crippen LogP contribution >= 0.6 is 0 Å². The maximum atomic E-state index is 5.70. The molecule has 0 amide bonds. The Bertz CT molecular complexity index is 803. The minimum absolute atomic E-state index is 0.327. The highest BCUT2D eigenvalue weighted by Crippen LogP contribution is 2.33. The van der Waals surface area contributed by atoms with Gasteiger partial charge in [-0.15, -0.1) is 0 Å². The molecule has 2 aliphatic heterocycles. The molecule has 1 saturated heterocycles. The molecule has 150 valence electrons. The summed E-state index contributed by atoms with van der Waals surface area (Å²) in [6, 6.07) is 12.5. The number of piperazine rings is 1. The summed E-state index contributed by atoms with van der Waals surface area (Å²) < 4.78 is 22.0. The summed E-state index contributed by atoms with van der Waals surface area (Å²) in [5.41, 5.74) is 2.53. The number of benzene rings is 2. The molecule has 0 spiro atoms. The molecule has 0 bridgehead atoms. The largest absolute Gasteiger partial charge is 0.493 e. The summed E-state index contributed by atoms with van der Waals surface area (Å²) in [7, 11) is 1.68. The molecule has 0 atom stereocenters. The molecule has 2 aromatic rings. The molecule has 0 radical (unpaired) electrons. The third-order valence-corrected chi connectivity index (χ3v) is 5.24. The lowest BCUT2D eigenvalue weighted by molar-refractivity contribution is 0.122. The first-order valence-electron chi connectivity index (χ1n) is 9.88. The lowest BCUT2D eigenvalue weighted by atomic mass is 10.1. The third kappa shape index (κ3) is 4.34.